The molecule has 2 bridgehead atoms. The fourth-order valence-corrected chi connectivity index (χ4v) is 10.2. The van der Waals surface area contributed by atoms with E-state index in [1.54, 1.807) is 0 Å². The van der Waals surface area contributed by atoms with Gasteiger partial charge in [0.1, 0.15) is 5.56 Å². The summed E-state index contributed by atoms with van der Waals surface area (Å²) in [5.41, 5.74) is 1.84. The van der Waals surface area contributed by atoms with Crippen molar-refractivity contribution >= 4 is 38.5 Å². The van der Waals surface area contributed by atoms with Crippen LogP contribution in [0.1, 0.15) is 60.4 Å². The van der Waals surface area contributed by atoms with Crippen LogP contribution in [0.25, 0.3) is 10.6 Å². The topological polar surface area (TPSA) is 81.7 Å². The van der Waals surface area contributed by atoms with E-state index >= 15 is 0 Å². The third-order valence-electron chi connectivity index (χ3n) is 10.0. The number of hydrogen-bond donors (Lipinski definition) is 1. The molecule has 0 radical (unpaired) electrons. The van der Waals surface area contributed by atoms with E-state index in [0.29, 0.717) is 42.0 Å². The number of alkyl halides is 3. The van der Waals surface area contributed by atoms with E-state index in [4.69, 9.17) is 0 Å². The molecule has 5 heterocycles. The van der Waals surface area contributed by atoms with Gasteiger partial charge in [0.05, 0.1) is 21.2 Å². The maximum atomic E-state index is 14.2. The van der Waals surface area contributed by atoms with Gasteiger partial charge in [-0.2, -0.15) is 13.2 Å². The van der Waals surface area contributed by atoms with Crippen LogP contribution in [0.4, 0.5) is 30.5 Å². The third kappa shape index (κ3) is 5.29. The van der Waals surface area contributed by atoms with Crippen LogP contribution in [-0.4, -0.2) is 78.7 Å². The SMILES string of the molecule is CN1C2CCC1CN(c1ccc(Nc3ncc(C(F)(F)F)c(-c4cc5c(s4)CN(C4CC4)CCS5(=O)=O)n3)c(C3CC3)c1)C2. The van der Waals surface area contributed by atoms with E-state index < -0.39 is 21.6 Å². The zero-order chi connectivity index (χ0) is 30.4. The van der Waals surface area contributed by atoms with Crippen LogP contribution in [-0.2, 0) is 22.6 Å². The minimum atomic E-state index is -4.70. The predicted octanol–water partition coefficient (Wildman–Crippen LogP) is 5.88. The molecule has 0 spiro atoms. The zero-order valence-electron chi connectivity index (χ0n) is 24.5. The van der Waals surface area contributed by atoms with Gasteiger partial charge in [-0.15, -0.1) is 11.3 Å². The van der Waals surface area contributed by atoms with Crippen LogP contribution in [0.5, 0.6) is 0 Å². The van der Waals surface area contributed by atoms with Gasteiger partial charge in [-0.25, -0.2) is 18.4 Å². The van der Waals surface area contributed by atoms with E-state index in [0.717, 1.165) is 67.6 Å². The summed E-state index contributed by atoms with van der Waals surface area (Å²) in [6.45, 7) is 2.85. The first-order chi connectivity index (χ1) is 21.0. The van der Waals surface area contributed by atoms with E-state index in [2.05, 4.69) is 49.2 Å². The van der Waals surface area contributed by atoms with Crippen molar-refractivity contribution < 1.29 is 21.6 Å². The van der Waals surface area contributed by atoms with Crippen molar-refractivity contribution in [3.63, 3.8) is 0 Å². The summed E-state index contributed by atoms with van der Waals surface area (Å²) in [4.78, 5) is 16.5. The van der Waals surface area contributed by atoms with E-state index in [1.807, 2.05) is 6.07 Å². The van der Waals surface area contributed by atoms with Crippen molar-refractivity contribution in [1.29, 1.82) is 0 Å². The molecule has 234 valence electrons. The first-order valence-electron chi connectivity index (χ1n) is 15.5. The van der Waals surface area contributed by atoms with Crippen LogP contribution in [0.15, 0.2) is 35.4 Å². The molecule has 8 rings (SSSR count). The second-order valence-electron chi connectivity index (χ2n) is 13.0. The van der Waals surface area contributed by atoms with E-state index in [-0.39, 0.29) is 27.2 Å². The van der Waals surface area contributed by atoms with Gasteiger partial charge in [-0.1, -0.05) is 0 Å². The number of aromatic nitrogens is 2. The summed E-state index contributed by atoms with van der Waals surface area (Å²) >= 11 is 1.09. The Hall–Kier alpha value is -2.74. The summed E-state index contributed by atoms with van der Waals surface area (Å²) in [5, 5.41) is 3.23. The Labute approximate surface area is 259 Å². The molecule has 2 atom stereocenters. The van der Waals surface area contributed by atoms with Gasteiger partial charge in [0.15, 0.2) is 9.84 Å². The number of nitrogens with one attached hydrogen (secondary N) is 1. The summed E-state index contributed by atoms with van der Waals surface area (Å²) in [6.07, 6.45) is 2.73. The molecule has 5 aliphatic rings. The van der Waals surface area contributed by atoms with Crippen LogP contribution < -0.4 is 10.2 Å². The Bertz CT molecular complexity index is 1710. The second-order valence-corrected chi connectivity index (χ2v) is 16.2. The molecule has 2 saturated carbocycles. The normalized spacial score (nSPS) is 25.6. The molecule has 2 unspecified atom stereocenters. The highest BCUT2D eigenvalue weighted by atomic mass is 32.2. The van der Waals surface area contributed by atoms with Gasteiger partial charge >= 0.3 is 6.18 Å². The van der Waals surface area contributed by atoms with Gasteiger partial charge in [0.2, 0.25) is 5.95 Å². The van der Waals surface area contributed by atoms with Crippen molar-refractivity contribution in [3.8, 4) is 10.6 Å². The molecule has 2 aliphatic carbocycles. The zero-order valence-corrected chi connectivity index (χ0v) is 26.1. The maximum absolute atomic E-state index is 14.2. The van der Waals surface area contributed by atoms with Crippen molar-refractivity contribution in [2.24, 2.45) is 0 Å². The monoisotopic (exact) mass is 644 g/mol. The number of piperazine rings is 1. The fraction of sp³-hybridized carbons (Fsp3) is 0.548. The number of hydrogen-bond acceptors (Lipinski definition) is 9. The maximum Gasteiger partial charge on any atom is 0.420 e. The number of halogens is 3. The number of anilines is 3. The van der Waals surface area contributed by atoms with Gasteiger partial charge in [-0.3, -0.25) is 9.80 Å². The summed E-state index contributed by atoms with van der Waals surface area (Å²) in [7, 11) is -1.40. The molecule has 44 heavy (non-hydrogen) atoms. The number of rotatable bonds is 6. The third-order valence-corrected chi connectivity index (χ3v) is 13.0. The van der Waals surface area contributed by atoms with Crippen LogP contribution in [0.2, 0.25) is 0 Å². The molecule has 0 amide bonds. The number of fused-ring (bicyclic) bond motifs is 3. The first-order valence-corrected chi connectivity index (χ1v) is 17.9. The van der Waals surface area contributed by atoms with E-state index in [9.17, 15) is 21.6 Å². The molecule has 2 aromatic heterocycles. The average molecular weight is 645 g/mol. The predicted molar refractivity (Wildman–Crippen MR) is 164 cm³/mol. The Kier molecular flexibility index (Phi) is 6.78. The molecule has 3 aromatic rings. The quantitative estimate of drug-likeness (QED) is 0.357. The molecule has 8 nitrogen and oxygen atoms in total. The van der Waals surface area contributed by atoms with Crippen molar-refractivity contribution in [2.45, 2.75) is 80.2 Å². The number of thiophene rings is 1. The molecule has 4 fully saturated rings. The molecule has 1 aromatic carbocycles. The number of benzene rings is 1. The smallest absolute Gasteiger partial charge is 0.368 e. The van der Waals surface area contributed by atoms with Crippen LogP contribution >= 0.6 is 11.3 Å². The average Bonchev–Trinajstić information content (AvgIpc) is 3.91. The van der Waals surface area contributed by atoms with Gasteiger partial charge in [-0.05, 0) is 81.3 Å². The molecule has 2 saturated heterocycles. The van der Waals surface area contributed by atoms with Crippen LogP contribution in [0.3, 0.4) is 0 Å². The standard InChI is InChI=1S/C31H35F3N6O2S2/c1-38-21-6-7-22(38)16-40(15-21)20-8-9-25(23(12-20)18-2-3-18)36-30-35-14-24(31(32,33)34)29(37-30)26-13-28-27(43-26)17-39(19-4-5-19)10-11-44(28,41)42/h8-9,12-14,18-19,21-22H,2-7,10-11,15-17H2,1H3,(H,35,36,37). The Morgan fingerprint density at radius 1 is 1.00 bits per heavy atom. The highest BCUT2D eigenvalue weighted by Crippen LogP contribution is 2.47. The highest BCUT2D eigenvalue weighted by Gasteiger charge is 2.40. The molecule has 1 N–H and O–H groups in total. The minimum Gasteiger partial charge on any atom is -0.368 e. The summed E-state index contributed by atoms with van der Waals surface area (Å²) in [5.74, 6) is 0.416. The van der Waals surface area contributed by atoms with Gasteiger partial charge in [0.25, 0.3) is 0 Å². The fourth-order valence-electron chi connectivity index (χ4n) is 7.14. The number of likely N-dealkylation sites (N-methyl/N-ethyl adjacent to an activating group) is 1. The molecular weight excluding hydrogens is 610 g/mol. The summed E-state index contributed by atoms with van der Waals surface area (Å²) in [6, 6.07) is 9.17. The lowest BCUT2D eigenvalue weighted by Crippen LogP contribution is -2.52. The van der Waals surface area contributed by atoms with Gasteiger partial charge in [0, 0.05) is 66.8 Å². The lowest BCUT2D eigenvalue weighted by molar-refractivity contribution is -0.137. The van der Waals surface area contributed by atoms with E-state index in [1.165, 1.54) is 24.6 Å². The molecule has 13 heteroatoms. The number of nitrogens with zero attached hydrogens (tertiary/aromatic N) is 5. The Balaban J connectivity index is 1.13. The van der Waals surface area contributed by atoms with Crippen molar-refractivity contribution in [1.82, 2.24) is 19.8 Å². The largest absolute Gasteiger partial charge is 0.420 e. The lowest BCUT2D eigenvalue weighted by Gasteiger charge is -2.40. The molecular formula is C31H35F3N6O2S2. The van der Waals surface area contributed by atoms with Gasteiger partial charge < -0.3 is 10.2 Å². The number of sulfone groups is 1. The van der Waals surface area contributed by atoms with Crippen molar-refractivity contribution in [2.75, 3.05) is 42.7 Å². The Morgan fingerprint density at radius 2 is 1.73 bits per heavy atom. The lowest BCUT2D eigenvalue weighted by atomic mass is 10.1. The first kappa shape index (κ1) is 28.7. The van der Waals surface area contributed by atoms with Crippen LogP contribution in [0, 0.1) is 0 Å². The minimum absolute atomic E-state index is 0.0369. The Morgan fingerprint density at radius 3 is 2.41 bits per heavy atom. The second kappa shape index (κ2) is 10.4. The highest BCUT2D eigenvalue weighted by molar-refractivity contribution is 7.91. The van der Waals surface area contributed by atoms with Crippen molar-refractivity contribution in [3.05, 3.63) is 46.5 Å². The summed E-state index contributed by atoms with van der Waals surface area (Å²) < 4.78 is 68.9. The molecule has 3 aliphatic heterocycles.